The molecule has 1 heterocycles. The van der Waals surface area contributed by atoms with Crippen LogP contribution in [0, 0.1) is 3.70 Å². The number of nitrogens with one attached hydrogen (secondary N) is 1. The Bertz CT molecular complexity index is 451. The molecule has 0 bridgehead atoms. The van der Waals surface area contributed by atoms with Gasteiger partial charge in [-0.3, -0.25) is 4.68 Å². The summed E-state index contributed by atoms with van der Waals surface area (Å²) in [5.41, 5.74) is 2.56. The maximum Gasteiger partial charge on any atom is 0.127 e. The van der Waals surface area contributed by atoms with Crippen LogP contribution in [0.2, 0.25) is 0 Å². The van der Waals surface area contributed by atoms with Crippen molar-refractivity contribution < 1.29 is 0 Å². The van der Waals surface area contributed by atoms with Gasteiger partial charge in [-0.2, -0.15) is 5.10 Å². The molecule has 2 rings (SSSR count). The summed E-state index contributed by atoms with van der Waals surface area (Å²) < 4.78 is 2.92. The molecule has 0 amide bonds. The molecule has 3 nitrogen and oxygen atoms in total. The molecule has 1 aromatic carbocycles. The Morgan fingerprint density at radius 1 is 1.25 bits per heavy atom. The first-order valence-electron chi connectivity index (χ1n) is 5.18. The second-order valence-electron chi connectivity index (χ2n) is 3.71. The van der Waals surface area contributed by atoms with Gasteiger partial charge in [-0.15, -0.1) is 0 Å². The summed E-state index contributed by atoms with van der Waals surface area (Å²) in [4.78, 5) is 0. The molecule has 0 radical (unpaired) electrons. The van der Waals surface area contributed by atoms with Crippen molar-refractivity contribution in [2.45, 2.75) is 13.1 Å². The monoisotopic (exact) mass is 327 g/mol. The minimum atomic E-state index is 0.862. The zero-order chi connectivity index (χ0) is 11.4. The lowest BCUT2D eigenvalue weighted by Crippen LogP contribution is -2.12. The molecule has 2 aromatic rings. The summed E-state index contributed by atoms with van der Waals surface area (Å²) >= 11 is 2.26. The first-order valence-corrected chi connectivity index (χ1v) is 6.26. The highest BCUT2D eigenvalue weighted by atomic mass is 127. The lowest BCUT2D eigenvalue weighted by molar-refractivity contribution is 0.690. The van der Waals surface area contributed by atoms with Crippen molar-refractivity contribution in [3.05, 3.63) is 51.4 Å². The van der Waals surface area contributed by atoms with E-state index in [4.69, 9.17) is 0 Å². The van der Waals surface area contributed by atoms with Crippen LogP contribution in [0.4, 0.5) is 0 Å². The Hall–Kier alpha value is -0.880. The van der Waals surface area contributed by atoms with Crippen molar-refractivity contribution in [3.8, 4) is 0 Å². The molecule has 16 heavy (non-hydrogen) atoms. The van der Waals surface area contributed by atoms with Gasteiger partial charge in [-0.05, 0) is 28.2 Å². The average Bonchev–Trinajstić information content (AvgIpc) is 2.59. The van der Waals surface area contributed by atoms with Crippen molar-refractivity contribution in [2.75, 3.05) is 0 Å². The number of nitrogens with zero attached hydrogens (tertiary/aromatic N) is 2. The van der Waals surface area contributed by atoms with Crippen molar-refractivity contribution >= 4 is 22.6 Å². The third-order valence-corrected chi connectivity index (χ3v) is 3.25. The molecule has 0 saturated carbocycles. The summed E-state index contributed by atoms with van der Waals surface area (Å²) in [5, 5.41) is 7.71. The minimum Gasteiger partial charge on any atom is -0.308 e. The Labute approximate surface area is 109 Å². The molecule has 1 aromatic heterocycles. The van der Waals surface area contributed by atoms with Crippen LogP contribution in [-0.4, -0.2) is 9.78 Å². The number of aromatic nitrogens is 2. The summed E-state index contributed by atoms with van der Waals surface area (Å²) in [7, 11) is 1.95. The van der Waals surface area contributed by atoms with Crippen molar-refractivity contribution in [1.29, 1.82) is 0 Å². The molecule has 0 atom stereocenters. The fourth-order valence-electron chi connectivity index (χ4n) is 1.57. The van der Waals surface area contributed by atoms with Gasteiger partial charge < -0.3 is 5.32 Å². The number of hydrogen-bond acceptors (Lipinski definition) is 2. The van der Waals surface area contributed by atoms with Gasteiger partial charge in [0.25, 0.3) is 0 Å². The van der Waals surface area contributed by atoms with Gasteiger partial charge in [0.05, 0.1) is 0 Å². The number of hydrogen-bond donors (Lipinski definition) is 1. The van der Waals surface area contributed by atoms with Gasteiger partial charge >= 0.3 is 0 Å². The van der Waals surface area contributed by atoms with E-state index in [0.29, 0.717) is 0 Å². The van der Waals surface area contributed by atoms with Crippen LogP contribution in [0.15, 0.2) is 36.5 Å². The molecule has 84 valence electrons. The van der Waals surface area contributed by atoms with E-state index in [1.165, 1.54) is 11.1 Å². The maximum absolute atomic E-state index is 4.30. The van der Waals surface area contributed by atoms with Crippen LogP contribution in [0.1, 0.15) is 11.1 Å². The van der Waals surface area contributed by atoms with Gasteiger partial charge in [-0.25, -0.2) is 0 Å². The lowest BCUT2D eigenvalue weighted by atomic mass is 10.2. The van der Waals surface area contributed by atoms with E-state index in [2.05, 4.69) is 63.5 Å². The Morgan fingerprint density at radius 3 is 2.62 bits per heavy atom. The first-order chi connectivity index (χ1) is 7.75. The summed E-state index contributed by atoms with van der Waals surface area (Å²) in [6, 6.07) is 10.4. The van der Waals surface area contributed by atoms with Crippen LogP contribution >= 0.6 is 22.6 Å². The highest BCUT2D eigenvalue weighted by molar-refractivity contribution is 14.1. The smallest absolute Gasteiger partial charge is 0.127 e. The third kappa shape index (κ3) is 3.05. The number of halogens is 1. The molecular formula is C12H14IN3. The largest absolute Gasteiger partial charge is 0.308 e. The molecule has 0 fully saturated rings. The predicted octanol–water partition coefficient (Wildman–Crippen LogP) is 2.31. The van der Waals surface area contributed by atoms with Crippen LogP contribution < -0.4 is 5.32 Å². The first kappa shape index (κ1) is 11.6. The summed E-state index contributed by atoms with van der Waals surface area (Å²) in [6.45, 7) is 1.76. The third-order valence-electron chi connectivity index (χ3n) is 2.34. The minimum absolute atomic E-state index is 0.862. The standard InChI is InChI=1S/C12H14IN3/c1-16-9-11(12(13)15-16)8-14-7-10-5-3-2-4-6-10/h2-6,9,14H,7-8H2,1H3. The van der Waals surface area contributed by atoms with E-state index in [1.807, 2.05) is 17.8 Å². The molecule has 0 aliphatic rings. The van der Waals surface area contributed by atoms with Gasteiger partial charge in [-0.1, -0.05) is 30.3 Å². The maximum atomic E-state index is 4.30. The molecule has 0 spiro atoms. The van der Waals surface area contributed by atoms with Crippen LogP contribution in [0.25, 0.3) is 0 Å². The zero-order valence-electron chi connectivity index (χ0n) is 9.15. The van der Waals surface area contributed by atoms with Gasteiger partial charge in [0.2, 0.25) is 0 Å². The number of aryl methyl sites for hydroxylation is 1. The quantitative estimate of drug-likeness (QED) is 0.874. The molecular weight excluding hydrogens is 313 g/mol. The Morgan fingerprint density at radius 2 is 2.00 bits per heavy atom. The van der Waals surface area contributed by atoms with Gasteiger partial charge in [0.1, 0.15) is 3.70 Å². The van der Waals surface area contributed by atoms with Crippen LogP contribution in [0.5, 0.6) is 0 Å². The lowest BCUT2D eigenvalue weighted by Gasteiger charge is -2.03. The van der Waals surface area contributed by atoms with E-state index in [1.54, 1.807) is 0 Å². The second kappa shape index (κ2) is 5.45. The Kier molecular flexibility index (Phi) is 3.95. The molecule has 0 aliphatic heterocycles. The SMILES string of the molecule is Cn1cc(CNCc2ccccc2)c(I)n1. The molecule has 0 aliphatic carbocycles. The topological polar surface area (TPSA) is 29.9 Å². The molecule has 1 N–H and O–H groups in total. The second-order valence-corrected chi connectivity index (χ2v) is 4.73. The van der Waals surface area contributed by atoms with E-state index >= 15 is 0 Å². The van der Waals surface area contributed by atoms with Crippen LogP contribution in [-0.2, 0) is 20.1 Å². The van der Waals surface area contributed by atoms with Crippen molar-refractivity contribution in [3.63, 3.8) is 0 Å². The Balaban J connectivity index is 1.87. The van der Waals surface area contributed by atoms with E-state index in [-0.39, 0.29) is 0 Å². The highest BCUT2D eigenvalue weighted by Crippen LogP contribution is 2.09. The zero-order valence-corrected chi connectivity index (χ0v) is 11.3. The molecule has 4 heteroatoms. The van der Waals surface area contributed by atoms with Gasteiger partial charge in [0.15, 0.2) is 0 Å². The summed E-state index contributed by atoms with van der Waals surface area (Å²) in [6.07, 6.45) is 2.06. The van der Waals surface area contributed by atoms with Crippen molar-refractivity contribution in [2.24, 2.45) is 7.05 Å². The highest BCUT2D eigenvalue weighted by Gasteiger charge is 2.03. The fourth-order valence-corrected chi connectivity index (χ4v) is 2.24. The number of benzene rings is 1. The molecule has 0 unspecified atom stereocenters. The van der Waals surface area contributed by atoms with E-state index in [9.17, 15) is 0 Å². The van der Waals surface area contributed by atoms with Gasteiger partial charge in [0, 0.05) is 31.9 Å². The predicted molar refractivity (Wildman–Crippen MR) is 72.9 cm³/mol. The number of rotatable bonds is 4. The average molecular weight is 327 g/mol. The normalized spacial score (nSPS) is 10.6. The summed E-state index contributed by atoms with van der Waals surface area (Å²) in [5.74, 6) is 0. The fraction of sp³-hybridized carbons (Fsp3) is 0.250. The van der Waals surface area contributed by atoms with E-state index < -0.39 is 0 Å². The molecule has 0 saturated heterocycles. The van der Waals surface area contributed by atoms with E-state index in [0.717, 1.165) is 16.8 Å². The van der Waals surface area contributed by atoms with Crippen molar-refractivity contribution in [1.82, 2.24) is 15.1 Å². The van der Waals surface area contributed by atoms with Crippen LogP contribution in [0.3, 0.4) is 0 Å².